The molecule has 1 saturated heterocycles. The number of halogens is 3. The van der Waals surface area contributed by atoms with Crippen LogP contribution in [0.25, 0.3) is 0 Å². The van der Waals surface area contributed by atoms with E-state index in [1.54, 1.807) is 4.90 Å². The Morgan fingerprint density at radius 3 is 2.77 bits per heavy atom. The molecule has 0 spiro atoms. The summed E-state index contributed by atoms with van der Waals surface area (Å²) in [5.74, 6) is -0.650. The molecule has 26 heavy (non-hydrogen) atoms. The van der Waals surface area contributed by atoms with Crippen molar-refractivity contribution < 1.29 is 18.3 Å². The smallest absolute Gasteiger partial charge is 0.410 e. The van der Waals surface area contributed by atoms with Crippen LogP contribution in [0.3, 0.4) is 0 Å². The molecule has 5 nitrogen and oxygen atoms in total. The minimum Gasteiger partial charge on any atom is -0.444 e. The van der Waals surface area contributed by atoms with E-state index in [2.05, 4.69) is 10.3 Å². The first-order valence-electron chi connectivity index (χ1n) is 8.60. The number of likely N-dealkylation sites (tertiary alicyclic amines) is 1. The molecule has 2 aliphatic rings. The van der Waals surface area contributed by atoms with Gasteiger partial charge in [-0.05, 0) is 45.7 Å². The van der Waals surface area contributed by atoms with E-state index >= 15 is 0 Å². The number of amides is 1. The van der Waals surface area contributed by atoms with Gasteiger partial charge < -0.3 is 10.1 Å². The summed E-state index contributed by atoms with van der Waals surface area (Å²) in [4.78, 5) is 18.5. The Kier molecular flexibility index (Phi) is 5.10. The molecule has 1 aromatic carbocycles. The maximum Gasteiger partial charge on any atom is 0.410 e. The lowest BCUT2D eigenvalue weighted by molar-refractivity contribution is 0.0264. The van der Waals surface area contributed by atoms with E-state index < -0.39 is 29.4 Å². The predicted molar refractivity (Wildman–Crippen MR) is 95.5 cm³/mol. The second kappa shape index (κ2) is 7.02. The molecule has 0 saturated carbocycles. The second-order valence-corrected chi connectivity index (χ2v) is 7.95. The minimum atomic E-state index is -0.672. The van der Waals surface area contributed by atoms with E-state index in [0.29, 0.717) is 12.4 Å². The number of rotatable bonds is 2. The van der Waals surface area contributed by atoms with Gasteiger partial charge in [0.05, 0.1) is 23.7 Å². The number of ether oxygens (including phenoxy) is 1. The van der Waals surface area contributed by atoms with Crippen molar-refractivity contribution >= 4 is 23.5 Å². The number of nitrogens with one attached hydrogen (secondary N) is 1. The Hall–Kier alpha value is -1.89. The van der Waals surface area contributed by atoms with Gasteiger partial charge in [0.1, 0.15) is 23.1 Å². The van der Waals surface area contributed by atoms with Gasteiger partial charge in [-0.1, -0.05) is 11.6 Å². The summed E-state index contributed by atoms with van der Waals surface area (Å²) in [7, 11) is 0. The number of benzene rings is 1. The molecule has 1 unspecified atom stereocenters. The van der Waals surface area contributed by atoms with E-state index in [1.165, 1.54) is 0 Å². The Balaban J connectivity index is 1.72. The summed E-state index contributed by atoms with van der Waals surface area (Å²) in [6.45, 7) is 6.29. The molecular weight excluding hydrogens is 364 g/mol. The van der Waals surface area contributed by atoms with Crippen molar-refractivity contribution in [3.8, 4) is 0 Å². The van der Waals surface area contributed by atoms with Crippen molar-refractivity contribution in [1.82, 2.24) is 10.2 Å². The SMILES string of the molecule is CC(C)(C)OC(=O)N1CCC[C@H]1C1=NCC(c2cc(F)c(Cl)cc2F)N1. The van der Waals surface area contributed by atoms with Crippen molar-refractivity contribution in [2.45, 2.75) is 51.3 Å². The summed E-state index contributed by atoms with van der Waals surface area (Å²) in [5.41, 5.74) is -0.408. The van der Waals surface area contributed by atoms with E-state index in [9.17, 15) is 13.6 Å². The quantitative estimate of drug-likeness (QED) is 0.781. The molecule has 0 aliphatic carbocycles. The number of carbonyl (C=O) groups is 1. The van der Waals surface area contributed by atoms with Gasteiger partial charge in [0.15, 0.2) is 0 Å². The maximum absolute atomic E-state index is 14.2. The summed E-state index contributed by atoms with van der Waals surface area (Å²) in [6.07, 6.45) is 1.19. The fourth-order valence-corrected chi connectivity index (χ4v) is 3.38. The molecule has 2 atom stereocenters. The summed E-state index contributed by atoms with van der Waals surface area (Å²) in [6, 6.07) is 1.33. The summed E-state index contributed by atoms with van der Waals surface area (Å²) < 4.78 is 33.3. The van der Waals surface area contributed by atoms with Crippen LogP contribution in [0, 0.1) is 11.6 Å². The average molecular weight is 386 g/mol. The average Bonchev–Trinajstić information content (AvgIpc) is 3.17. The molecule has 1 amide bonds. The van der Waals surface area contributed by atoms with Crippen molar-refractivity contribution in [3.63, 3.8) is 0 Å². The summed E-state index contributed by atoms with van der Waals surface area (Å²) >= 11 is 5.61. The van der Waals surface area contributed by atoms with Gasteiger partial charge in [0.25, 0.3) is 0 Å². The Bertz CT molecular complexity index is 749. The van der Waals surface area contributed by atoms with Gasteiger partial charge in [-0.3, -0.25) is 9.89 Å². The molecule has 0 aromatic heterocycles. The third-order valence-corrected chi connectivity index (χ3v) is 4.67. The number of carbonyl (C=O) groups excluding carboxylic acids is 1. The highest BCUT2D eigenvalue weighted by atomic mass is 35.5. The zero-order valence-electron chi connectivity index (χ0n) is 15.0. The fourth-order valence-electron chi connectivity index (χ4n) is 3.23. The molecule has 3 rings (SSSR count). The molecule has 2 heterocycles. The third-order valence-electron chi connectivity index (χ3n) is 4.38. The third kappa shape index (κ3) is 3.92. The number of nitrogens with zero attached hydrogens (tertiary/aromatic N) is 2. The lowest BCUT2D eigenvalue weighted by atomic mass is 10.1. The van der Waals surface area contributed by atoms with Crippen molar-refractivity contribution in [2.75, 3.05) is 13.1 Å². The van der Waals surface area contributed by atoms with Crippen LogP contribution in [0.5, 0.6) is 0 Å². The Labute approximate surface area is 156 Å². The standard InChI is InChI=1S/C18H22ClF2N3O2/c1-18(2,3)26-17(25)24-6-4-5-15(24)16-22-9-14(23-16)10-7-13(21)11(19)8-12(10)20/h7-8,14-15H,4-6,9H2,1-3H3,(H,22,23)/t14?,15-/m0/s1. The molecule has 2 aliphatic heterocycles. The van der Waals surface area contributed by atoms with Gasteiger partial charge in [-0.25, -0.2) is 13.6 Å². The van der Waals surface area contributed by atoms with Crippen LogP contribution in [0.4, 0.5) is 13.6 Å². The lowest BCUT2D eigenvalue weighted by Gasteiger charge is -2.29. The second-order valence-electron chi connectivity index (χ2n) is 7.54. The molecule has 8 heteroatoms. The molecule has 1 fully saturated rings. The van der Waals surface area contributed by atoms with E-state index in [-0.39, 0.29) is 23.2 Å². The predicted octanol–water partition coefficient (Wildman–Crippen LogP) is 4.06. The highest BCUT2D eigenvalue weighted by Crippen LogP contribution is 2.29. The normalized spacial score (nSPS) is 23.0. The Morgan fingerprint density at radius 1 is 1.35 bits per heavy atom. The largest absolute Gasteiger partial charge is 0.444 e. The van der Waals surface area contributed by atoms with E-state index in [1.807, 2.05) is 20.8 Å². The minimum absolute atomic E-state index is 0.174. The molecular formula is C18H22ClF2N3O2. The van der Waals surface area contributed by atoms with E-state index in [0.717, 1.165) is 25.0 Å². The van der Waals surface area contributed by atoms with Crippen molar-refractivity contribution in [2.24, 2.45) is 4.99 Å². The monoisotopic (exact) mass is 385 g/mol. The highest BCUT2D eigenvalue weighted by Gasteiger charge is 2.38. The first-order chi connectivity index (χ1) is 12.2. The van der Waals surface area contributed by atoms with Gasteiger partial charge in [-0.2, -0.15) is 0 Å². The van der Waals surface area contributed by atoms with Crippen molar-refractivity contribution in [1.29, 1.82) is 0 Å². The van der Waals surface area contributed by atoms with Crippen LogP contribution in [0.15, 0.2) is 17.1 Å². The van der Waals surface area contributed by atoms with Crippen LogP contribution < -0.4 is 5.32 Å². The van der Waals surface area contributed by atoms with Crippen LogP contribution >= 0.6 is 11.6 Å². The number of aliphatic imine (C=N–C) groups is 1. The summed E-state index contributed by atoms with van der Waals surface area (Å²) in [5, 5.41) is 2.88. The molecule has 142 valence electrons. The van der Waals surface area contributed by atoms with Crippen LogP contribution in [-0.2, 0) is 4.74 Å². The van der Waals surface area contributed by atoms with Gasteiger partial charge in [0.2, 0.25) is 0 Å². The number of amidine groups is 1. The molecule has 0 radical (unpaired) electrons. The Morgan fingerprint density at radius 2 is 2.08 bits per heavy atom. The fraction of sp³-hybridized carbons (Fsp3) is 0.556. The number of hydrogen-bond donors (Lipinski definition) is 1. The zero-order chi connectivity index (χ0) is 19.1. The van der Waals surface area contributed by atoms with Crippen molar-refractivity contribution in [3.05, 3.63) is 34.4 Å². The first kappa shape index (κ1) is 18.9. The van der Waals surface area contributed by atoms with Crippen LogP contribution in [-0.4, -0.2) is 41.6 Å². The maximum atomic E-state index is 14.2. The number of hydrogen-bond acceptors (Lipinski definition) is 4. The lowest BCUT2D eigenvalue weighted by Crippen LogP contribution is -2.46. The molecule has 1 aromatic rings. The van der Waals surface area contributed by atoms with Crippen LogP contribution in [0.2, 0.25) is 5.02 Å². The van der Waals surface area contributed by atoms with Gasteiger partial charge in [-0.15, -0.1) is 0 Å². The zero-order valence-corrected chi connectivity index (χ0v) is 15.7. The highest BCUT2D eigenvalue weighted by molar-refractivity contribution is 6.30. The van der Waals surface area contributed by atoms with E-state index in [4.69, 9.17) is 16.3 Å². The van der Waals surface area contributed by atoms with Gasteiger partial charge in [0, 0.05) is 12.1 Å². The topological polar surface area (TPSA) is 53.9 Å². The molecule has 0 bridgehead atoms. The van der Waals surface area contributed by atoms with Crippen LogP contribution in [0.1, 0.15) is 45.2 Å². The first-order valence-corrected chi connectivity index (χ1v) is 8.98. The molecule has 1 N–H and O–H groups in total. The van der Waals surface area contributed by atoms with Gasteiger partial charge >= 0.3 is 6.09 Å².